The van der Waals surface area contributed by atoms with Gasteiger partial charge in [0.2, 0.25) is 0 Å². The molecule has 7 heteroatoms. The van der Waals surface area contributed by atoms with Crippen molar-refractivity contribution in [2.75, 3.05) is 6.61 Å². The lowest BCUT2D eigenvalue weighted by Crippen LogP contribution is -2.15. The van der Waals surface area contributed by atoms with Gasteiger partial charge in [-0.1, -0.05) is 0 Å². The maximum atomic E-state index is 11.8. The zero-order chi connectivity index (χ0) is 15.6. The smallest absolute Gasteiger partial charge is 0.341 e. The lowest BCUT2D eigenvalue weighted by atomic mass is 10.0. The second-order valence-corrected chi connectivity index (χ2v) is 4.40. The first-order chi connectivity index (χ1) is 9.88. The standard InChI is InChI=1S/C14H12O7/c1-7-9-3-2-8(20-6-13(17)18)4-11(9)21-14(19)10(7)5-12(15)16/h2-4H,5-6H2,1H3,(H,15,16)(H,17,18). The van der Waals surface area contributed by atoms with E-state index in [0.717, 1.165) is 0 Å². The Morgan fingerprint density at radius 2 is 1.95 bits per heavy atom. The zero-order valence-electron chi connectivity index (χ0n) is 11.1. The van der Waals surface area contributed by atoms with Crippen molar-refractivity contribution in [1.29, 1.82) is 0 Å². The van der Waals surface area contributed by atoms with E-state index >= 15 is 0 Å². The average Bonchev–Trinajstić information content (AvgIpc) is 2.40. The maximum Gasteiger partial charge on any atom is 0.341 e. The molecule has 0 amide bonds. The number of rotatable bonds is 5. The van der Waals surface area contributed by atoms with Crippen molar-refractivity contribution in [3.63, 3.8) is 0 Å². The van der Waals surface area contributed by atoms with E-state index in [-0.39, 0.29) is 16.9 Å². The second-order valence-electron chi connectivity index (χ2n) is 4.40. The zero-order valence-corrected chi connectivity index (χ0v) is 11.1. The van der Waals surface area contributed by atoms with Gasteiger partial charge in [-0.25, -0.2) is 9.59 Å². The van der Waals surface area contributed by atoms with Crippen LogP contribution in [-0.2, 0) is 16.0 Å². The number of benzene rings is 1. The fraction of sp³-hybridized carbons (Fsp3) is 0.214. The van der Waals surface area contributed by atoms with E-state index in [1.165, 1.54) is 12.1 Å². The number of carbonyl (C=O) groups is 2. The largest absolute Gasteiger partial charge is 0.482 e. The van der Waals surface area contributed by atoms with Crippen LogP contribution in [0, 0.1) is 6.92 Å². The molecule has 110 valence electrons. The average molecular weight is 292 g/mol. The van der Waals surface area contributed by atoms with E-state index in [4.69, 9.17) is 19.4 Å². The van der Waals surface area contributed by atoms with E-state index in [0.29, 0.717) is 10.9 Å². The van der Waals surface area contributed by atoms with Crippen molar-refractivity contribution in [2.24, 2.45) is 0 Å². The van der Waals surface area contributed by atoms with E-state index in [2.05, 4.69) is 0 Å². The van der Waals surface area contributed by atoms with Crippen LogP contribution >= 0.6 is 0 Å². The molecule has 0 radical (unpaired) electrons. The third kappa shape index (κ3) is 3.19. The molecule has 0 saturated heterocycles. The summed E-state index contributed by atoms with van der Waals surface area (Å²) in [7, 11) is 0. The molecule has 2 aromatic rings. The molecular formula is C14H12O7. The fourth-order valence-corrected chi connectivity index (χ4v) is 1.96. The van der Waals surface area contributed by atoms with Crippen molar-refractivity contribution in [3.05, 3.63) is 39.7 Å². The van der Waals surface area contributed by atoms with Crippen molar-refractivity contribution < 1.29 is 29.0 Å². The van der Waals surface area contributed by atoms with Crippen LogP contribution in [0.3, 0.4) is 0 Å². The minimum absolute atomic E-state index is 0.0919. The third-order valence-electron chi connectivity index (χ3n) is 2.95. The van der Waals surface area contributed by atoms with Gasteiger partial charge in [0.1, 0.15) is 11.3 Å². The van der Waals surface area contributed by atoms with Gasteiger partial charge >= 0.3 is 17.6 Å². The summed E-state index contributed by atoms with van der Waals surface area (Å²) in [6, 6.07) is 4.52. The van der Waals surface area contributed by atoms with Gasteiger partial charge < -0.3 is 19.4 Å². The van der Waals surface area contributed by atoms with Gasteiger partial charge in [-0.2, -0.15) is 0 Å². The fourth-order valence-electron chi connectivity index (χ4n) is 1.96. The lowest BCUT2D eigenvalue weighted by Gasteiger charge is -2.08. The van der Waals surface area contributed by atoms with E-state index < -0.39 is 30.6 Å². The van der Waals surface area contributed by atoms with Crippen molar-refractivity contribution in [3.8, 4) is 5.75 Å². The van der Waals surface area contributed by atoms with Gasteiger partial charge in [-0.15, -0.1) is 0 Å². The molecular weight excluding hydrogens is 280 g/mol. The minimum Gasteiger partial charge on any atom is -0.482 e. The number of carboxylic acid groups (broad SMARTS) is 2. The van der Waals surface area contributed by atoms with Gasteiger partial charge in [0.15, 0.2) is 6.61 Å². The molecule has 21 heavy (non-hydrogen) atoms. The van der Waals surface area contributed by atoms with Gasteiger partial charge in [0.05, 0.1) is 12.0 Å². The molecule has 0 fully saturated rings. The third-order valence-corrected chi connectivity index (χ3v) is 2.95. The summed E-state index contributed by atoms with van der Waals surface area (Å²) in [5.74, 6) is -1.99. The SMILES string of the molecule is Cc1c(CC(=O)O)c(=O)oc2cc(OCC(=O)O)ccc12. The Balaban J connectivity index is 2.48. The van der Waals surface area contributed by atoms with Gasteiger partial charge in [-0.05, 0) is 24.6 Å². The predicted molar refractivity (Wildman–Crippen MR) is 71.7 cm³/mol. The summed E-state index contributed by atoms with van der Waals surface area (Å²) in [6.07, 6.45) is -0.415. The highest BCUT2D eigenvalue weighted by Crippen LogP contribution is 2.24. The van der Waals surface area contributed by atoms with Crippen molar-refractivity contribution in [1.82, 2.24) is 0 Å². The van der Waals surface area contributed by atoms with Crippen LogP contribution in [0.2, 0.25) is 0 Å². The molecule has 0 aliphatic heterocycles. The van der Waals surface area contributed by atoms with Gasteiger partial charge in [0.25, 0.3) is 0 Å². The highest BCUT2D eigenvalue weighted by molar-refractivity contribution is 5.84. The Morgan fingerprint density at radius 1 is 1.24 bits per heavy atom. The molecule has 7 nitrogen and oxygen atoms in total. The predicted octanol–water partition coefficient (Wildman–Crippen LogP) is 1.19. The Labute approximate surface area is 118 Å². The number of aliphatic carboxylic acids is 2. The van der Waals surface area contributed by atoms with Crippen molar-refractivity contribution in [2.45, 2.75) is 13.3 Å². The number of fused-ring (bicyclic) bond motifs is 1. The van der Waals surface area contributed by atoms with Crippen LogP contribution < -0.4 is 10.4 Å². The molecule has 1 aromatic carbocycles. The monoisotopic (exact) mass is 292 g/mol. The topological polar surface area (TPSA) is 114 Å². The molecule has 0 aliphatic rings. The summed E-state index contributed by atoms with van der Waals surface area (Å²) in [6.45, 7) is 1.13. The Bertz CT molecular complexity index is 773. The summed E-state index contributed by atoms with van der Waals surface area (Å²) in [5, 5.41) is 17.9. The second kappa shape index (κ2) is 5.66. The van der Waals surface area contributed by atoms with Crippen LogP contribution in [0.5, 0.6) is 5.75 Å². The highest BCUT2D eigenvalue weighted by atomic mass is 16.5. The number of ether oxygens (including phenoxy) is 1. The van der Waals surface area contributed by atoms with Gasteiger partial charge in [0, 0.05) is 11.5 Å². The molecule has 0 bridgehead atoms. The summed E-state index contributed by atoms with van der Waals surface area (Å²) in [5.41, 5.74) is 0.106. The quantitative estimate of drug-likeness (QED) is 0.795. The summed E-state index contributed by atoms with van der Waals surface area (Å²) >= 11 is 0. The molecule has 2 rings (SSSR count). The number of hydrogen-bond donors (Lipinski definition) is 2. The molecule has 0 saturated carbocycles. The Morgan fingerprint density at radius 3 is 2.57 bits per heavy atom. The van der Waals surface area contributed by atoms with E-state index in [1.807, 2.05) is 0 Å². The van der Waals surface area contributed by atoms with E-state index in [1.54, 1.807) is 13.0 Å². The number of aryl methyl sites for hydroxylation is 1. The molecule has 1 heterocycles. The Kier molecular flexibility index (Phi) is 3.93. The molecule has 1 aromatic heterocycles. The molecule has 0 spiro atoms. The lowest BCUT2D eigenvalue weighted by molar-refractivity contribution is -0.139. The normalized spacial score (nSPS) is 10.5. The first-order valence-electron chi connectivity index (χ1n) is 6.01. The van der Waals surface area contributed by atoms with Gasteiger partial charge in [-0.3, -0.25) is 4.79 Å². The minimum atomic E-state index is -1.12. The van der Waals surface area contributed by atoms with Crippen LogP contribution in [0.1, 0.15) is 11.1 Å². The van der Waals surface area contributed by atoms with E-state index in [9.17, 15) is 14.4 Å². The van der Waals surface area contributed by atoms with Crippen LogP contribution in [0.4, 0.5) is 0 Å². The Hall–Kier alpha value is -2.83. The molecule has 0 atom stereocenters. The molecule has 0 unspecified atom stereocenters. The molecule has 0 aliphatic carbocycles. The number of hydrogen-bond acceptors (Lipinski definition) is 5. The number of carboxylic acids is 2. The van der Waals surface area contributed by atoms with Crippen LogP contribution in [-0.4, -0.2) is 28.8 Å². The summed E-state index contributed by atoms with van der Waals surface area (Å²) in [4.78, 5) is 33.0. The first kappa shape index (κ1) is 14.6. The van der Waals surface area contributed by atoms with Crippen LogP contribution in [0.15, 0.2) is 27.4 Å². The van der Waals surface area contributed by atoms with Crippen molar-refractivity contribution >= 4 is 22.9 Å². The first-order valence-corrected chi connectivity index (χ1v) is 6.01. The van der Waals surface area contributed by atoms with Crippen LogP contribution in [0.25, 0.3) is 11.0 Å². The highest BCUT2D eigenvalue weighted by Gasteiger charge is 2.14. The molecule has 2 N–H and O–H groups in total. The maximum absolute atomic E-state index is 11.8. The summed E-state index contributed by atoms with van der Waals surface area (Å²) < 4.78 is 10.1.